The molecule has 7 heteroatoms. The Morgan fingerprint density at radius 3 is 2.45 bits per heavy atom. The minimum absolute atomic E-state index is 0.102. The van der Waals surface area contributed by atoms with E-state index in [4.69, 9.17) is 9.15 Å². The number of rotatable bonds is 6. The molecule has 4 aromatic rings. The maximum absolute atomic E-state index is 12.6. The van der Waals surface area contributed by atoms with E-state index in [1.807, 2.05) is 54.6 Å². The summed E-state index contributed by atoms with van der Waals surface area (Å²) in [5.41, 5.74) is 3.24. The first-order chi connectivity index (χ1) is 15.1. The Kier molecular flexibility index (Phi) is 5.66. The summed E-state index contributed by atoms with van der Waals surface area (Å²) in [6, 6.07) is 18.9. The van der Waals surface area contributed by atoms with Gasteiger partial charge in [0.05, 0.1) is 7.11 Å². The lowest BCUT2D eigenvalue weighted by molar-refractivity contribution is -0.138. The molecular weight excluding hydrogens is 396 g/mol. The normalized spacial score (nSPS) is 11.8. The summed E-state index contributed by atoms with van der Waals surface area (Å²) >= 11 is 0. The van der Waals surface area contributed by atoms with E-state index in [9.17, 15) is 14.7 Å². The first-order valence-electron chi connectivity index (χ1n) is 9.64. The van der Waals surface area contributed by atoms with Gasteiger partial charge in [0.25, 0.3) is 0 Å². The Morgan fingerprint density at radius 1 is 1.03 bits per heavy atom. The Bertz CT molecular complexity index is 1200. The zero-order valence-electron chi connectivity index (χ0n) is 16.8. The van der Waals surface area contributed by atoms with Gasteiger partial charge in [0, 0.05) is 30.3 Å². The maximum atomic E-state index is 12.6. The van der Waals surface area contributed by atoms with E-state index in [0.717, 1.165) is 27.0 Å². The van der Waals surface area contributed by atoms with Crippen molar-refractivity contribution >= 4 is 28.9 Å². The molecule has 2 heterocycles. The summed E-state index contributed by atoms with van der Waals surface area (Å²) < 4.78 is 10.7. The SMILES string of the molecule is COC(=O)N(c1cc2cc(-c3ccncc3)ccc2o1)C(Cc1ccccc1)C(=O)O. The second kappa shape index (κ2) is 8.71. The average Bonchev–Trinajstić information content (AvgIpc) is 3.22. The molecule has 0 saturated heterocycles. The zero-order chi connectivity index (χ0) is 21.8. The molecule has 4 rings (SSSR count). The number of hydrogen-bond acceptors (Lipinski definition) is 5. The quantitative estimate of drug-likeness (QED) is 0.487. The van der Waals surface area contributed by atoms with Crippen molar-refractivity contribution in [2.45, 2.75) is 12.5 Å². The monoisotopic (exact) mass is 416 g/mol. The smallest absolute Gasteiger partial charge is 0.417 e. The number of aromatic nitrogens is 1. The highest BCUT2D eigenvalue weighted by Crippen LogP contribution is 2.32. The zero-order valence-corrected chi connectivity index (χ0v) is 16.8. The van der Waals surface area contributed by atoms with Gasteiger partial charge in [-0.1, -0.05) is 36.4 Å². The highest BCUT2D eigenvalue weighted by atomic mass is 16.5. The van der Waals surface area contributed by atoms with Gasteiger partial charge in [0.1, 0.15) is 11.6 Å². The standard InChI is InChI=1S/C24H20N2O5/c1-30-24(29)26(20(23(27)28)13-16-5-3-2-4-6-16)22-15-19-14-18(7-8-21(19)31-22)17-9-11-25-12-10-17/h2-12,14-15,20H,13H2,1H3,(H,27,28). The lowest BCUT2D eigenvalue weighted by Crippen LogP contribution is -2.46. The Morgan fingerprint density at radius 2 is 1.77 bits per heavy atom. The molecule has 0 radical (unpaired) electrons. The van der Waals surface area contributed by atoms with Gasteiger partial charge in [0.15, 0.2) is 0 Å². The highest BCUT2D eigenvalue weighted by molar-refractivity contribution is 5.97. The lowest BCUT2D eigenvalue weighted by Gasteiger charge is -2.25. The molecule has 7 nitrogen and oxygen atoms in total. The third-order valence-corrected chi connectivity index (χ3v) is 4.99. The van der Waals surface area contributed by atoms with E-state index in [1.54, 1.807) is 24.5 Å². The summed E-state index contributed by atoms with van der Waals surface area (Å²) in [6.45, 7) is 0. The molecule has 0 aliphatic heterocycles. The van der Waals surface area contributed by atoms with Crippen LogP contribution < -0.4 is 4.90 Å². The fraction of sp³-hybridized carbons (Fsp3) is 0.125. The van der Waals surface area contributed by atoms with Crippen molar-refractivity contribution < 1.29 is 23.8 Å². The largest absolute Gasteiger partial charge is 0.480 e. The number of carboxylic acid groups (broad SMARTS) is 1. The number of furan rings is 1. The Labute approximate surface area is 178 Å². The first-order valence-corrected chi connectivity index (χ1v) is 9.64. The van der Waals surface area contributed by atoms with E-state index >= 15 is 0 Å². The minimum atomic E-state index is -1.20. The third-order valence-electron chi connectivity index (χ3n) is 4.99. The molecule has 1 unspecified atom stereocenters. The van der Waals surface area contributed by atoms with Crippen LogP contribution in [0, 0.1) is 0 Å². The van der Waals surface area contributed by atoms with Gasteiger partial charge in [-0.25, -0.2) is 14.5 Å². The summed E-state index contributed by atoms with van der Waals surface area (Å²) in [5.74, 6) is -1.05. The Balaban J connectivity index is 1.74. The summed E-state index contributed by atoms with van der Waals surface area (Å²) in [5, 5.41) is 10.6. The van der Waals surface area contributed by atoms with E-state index in [-0.39, 0.29) is 12.3 Å². The molecule has 0 saturated carbocycles. The van der Waals surface area contributed by atoms with E-state index in [2.05, 4.69) is 4.98 Å². The van der Waals surface area contributed by atoms with Crippen molar-refractivity contribution in [3.8, 4) is 11.1 Å². The molecule has 31 heavy (non-hydrogen) atoms. The van der Waals surface area contributed by atoms with Gasteiger partial charge in [-0.3, -0.25) is 4.98 Å². The molecule has 0 fully saturated rings. The Hall–Kier alpha value is -4.13. The van der Waals surface area contributed by atoms with Crippen molar-refractivity contribution in [2.24, 2.45) is 0 Å². The summed E-state index contributed by atoms with van der Waals surface area (Å²) in [7, 11) is 1.21. The molecular formula is C24H20N2O5. The number of carbonyl (C=O) groups excluding carboxylic acids is 1. The van der Waals surface area contributed by atoms with Crippen LogP contribution in [0.5, 0.6) is 0 Å². The maximum Gasteiger partial charge on any atom is 0.417 e. The van der Waals surface area contributed by atoms with Crippen LogP contribution in [0.3, 0.4) is 0 Å². The van der Waals surface area contributed by atoms with Crippen LogP contribution in [0.25, 0.3) is 22.1 Å². The number of anilines is 1. The van der Waals surface area contributed by atoms with Crippen molar-refractivity contribution in [3.63, 3.8) is 0 Å². The second-order valence-electron chi connectivity index (χ2n) is 6.96. The molecule has 1 amide bonds. The number of aliphatic carboxylic acids is 1. The van der Waals surface area contributed by atoms with Crippen LogP contribution in [0.2, 0.25) is 0 Å². The van der Waals surface area contributed by atoms with E-state index in [0.29, 0.717) is 5.58 Å². The molecule has 156 valence electrons. The molecule has 2 aromatic heterocycles. The van der Waals surface area contributed by atoms with Crippen LogP contribution in [0.1, 0.15) is 5.56 Å². The van der Waals surface area contributed by atoms with Crippen molar-refractivity contribution in [2.75, 3.05) is 12.0 Å². The van der Waals surface area contributed by atoms with Crippen LogP contribution in [0.15, 0.2) is 83.5 Å². The lowest BCUT2D eigenvalue weighted by atomic mass is 10.0. The molecule has 0 aliphatic carbocycles. The number of benzene rings is 2. The second-order valence-corrected chi connectivity index (χ2v) is 6.96. The minimum Gasteiger partial charge on any atom is -0.480 e. The molecule has 0 aliphatic rings. The fourth-order valence-corrected chi connectivity index (χ4v) is 3.47. The summed E-state index contributed by atoms with van der Waals surface area (Å²) in [6.07, 6.45) is 2.71. The number of ether oxygens (including phenoxy) is 1. The fourth-order valence-electron chi connectivity index (χ4n) is 3.47. The average molecular weight is 416 g/mol. The number of pyridine rings is 1. The highest BCUT2D eigenvalue weighted by Gasteiger charge is 2.34. The van der Waals surface area contributed by atoms with Crippen LogP contribution in [-0.2, 0) is 16.0 Å². The number of carbonyl (C=O) groups is 2. The number of fused-ring (bicyclic) bond motifs is 1. The van der Waals surface area contributed by atoms with E-state index < -0.39 is 18.1 Å². The van der Waals surface area contributed by atoms with Crippen molar-refractivity contribution in [3.05, 3.63) is 84.7 Å². The molecule has 0 spiro atoms. The third kappa shape index (κ3) is 4.25. The number of nitrogens with zero attached hydrogens (tertiary/aromatic N) is 2. The van der Waals surface area contributed by atoms with Gasteiger partial charge in [-0.15, -0.1) is 0 Å². The van der Waals surface area contributed by atoms with Gasteiger partial charge in [-0.2, -0.15) is 0 Å². The number of amides is 1. The number of hydrogen-bond donors (Lipinski definition) is 1. The molecule has 2 aromatic carbocycles. The molecule has 1 atom stereocenters. The predicted octanol–water partition coefficient (Wildman–Crippen LogP) is 4.76. The van der Waals surface area contributed by atoms with Crippen LogP contribution in [-0.4, -0.2) is 35.3 Å². The van der Waals surface area contributed by atoms with E-state index in [1.165, 1.54) is 7.11 Å². The predicted molar refractivity (Wildman–Crippen MR) is 116 cm³/mol. The van der Waals surface area contributed by atoms with Gasteiger partial charge in [-0.05, 0) is 41.0 Å². The van der Waals surface area contributed by atoms with Gasteiger partial charge >= 0.3 is 12.1 Å². The van der Waals surface area contributed by atoms with Gasteiger partial charge in [0.2, 0.25) is 5.88 Å². The number of methoxy groups -OCH3 is 1. The topological polar surface area (TPSA) is 92.9 Å². The van der Waals surface area contributed by atoms with Crippen LogP contribution >= 0.6 is 0 Å². The van der Waals surface area contributed by atoms with Crippen molar-refractivity contribution in [1.29, 1.82) is 0 Å². The first kappa shape index (κ1) is 20.2. The summed E-state index contributed by atoms with van der Waals surface area (Å²) in [4.78, 5) is 29.8. The van der Waals surface area contributed by atoms with Crippen LogP contribution in [0.4, 0.5) is 10.7 Å². The van der Waals surface area contributed by atoms with Gasteiger partial charge < -0.3 is 14.3 Å². The number of carboxylic acids is 1. The van der Waals surface area contributed by atoms with Crippen molar-refractivity contribution in [1.82, 2.24) is 4.98 Å². The molecule has 0 bridgehead atoms. The molecule has 1 N–H and O–H groups in total.